The maximum atomic E-state index is 12.2. The van der Waals surface area contributed by atoms with Crippen LogP contribution in [-0.2, 0) is 21.2 Å². The van der Waals surface area contributed by atoms with Crippen LogP contribution in [0.2, 0.25) is 0 Å². The number of sulfonamides is 1. The van der Waals surface area contributed by atoms with E-state index in [1.165, 1.54) is 16.7 Å². The number of carbonyl (C=O) groups is 1. The highest BCUT2D eigenvalue weighted by molar-refractivity contribution is 7.93. The first kappa shape index (κ1) is 14.9. The number of aromatic nitrogens is 1. The van der Waals surface area contributed by atoms with Crippen LogP contribution in [0.3, 0.4) is 0 Å². The number of thiophene rings is 1. The molecule has 0 saturated carbocycles. The van der Waals surface area contributed by atoms with Gasteiger partial charge in [0.2, 0.25) is 0 Å². The number of hydrogen-bond acceptors (Lipinski definition) is 6. The number of thiazole rings is 1. The van der Waals surface area contributed by atoms with E-state index in [0.717, 1.165) is 16.2 Å². The normalized spacial score (nSPS) is 11.5. The number of anilines is 1. The molecule has 0 aliphatic rings. The van der Waals surface area contributed by atoms with Crippen molar-refractivity contribution in [1.82, 2.24) is 4.98 Å². The number of nitrogens with one attached hydrogen (secondary N) is 1. The lowest BCUT2D eigenvalue weighted by Gasteiger charge is -2.03. The quantitative estimate of drug-likeness (QED) is 0.875. The molecule has 0 aromatic carbocycles. The summed E-state index contributed by atoms with van der Waals surface area (Å²) >= 11 is 2.47. The fourth-order valence-electron chi connectivity index (χ4n) is 1.63. The third-order valence-corrected chi connectivity index (χ3v) is 5.89. The molecule has 2 rings (SSSR count). The van der Waals surface area contributed by atoms with Crippen molar-refractivity contribution in [2.75, 3.05) is 4.72 Å². The first-order valence-electron chi connectivity index (χ1n) is 5.54. The molecule has 20 heavy (non-hydrogen) atoms. The molecular weight excluding hydrogens is 320 g/mol. The third kappa shape index (κ3) is 3.35. The summed E-state index contributed by atoms with van der Waals surface area (Å²) in [5.41, 5.74) is 0.332. The van der Waals surface area contributed by atoms with Crippen LogP contribution in [0.1, 0.15) is 15.4 Å². The SMILES string of the molecule is Cc1cc(S(=O)(=O)Nc2nc(CC(=O)O)cs2)c(C)s1. The topological polar surface area (TPSA) is 96.4 Å². The van der Waals surface area contributed by atoms with Crippen LogP contribution in [0.4, 0.5) is 5.13 Å². The zero-order valence-corrected chi connectivity index (χ0v) is 13.2. The number of aliphatic carboxylic acids is 1. The van der Waals surface area contributed by atoms with Crippen LogP contribution in [-0.4, -0.2) is 24.5 Å². The molecule has 9 heteroatoms. The lowest BCUT2D eigenvalue weighted by molar-refractivity contribution is -0.136. The minimum atomic E-state index is -3.68. The third-order valence-electron chi connectivity index (χ3n) is 2.39. The molecular formula is C11H12N2O4S3. The number of hydrogen-bond donors (Lipinski definition) is 2. The number of carboxylic acid groups (broad SMARTS) is 1. The van der Waals surface area contributed by atoms with Crippen LogP contribution in [0, 0.1) is 13.8 Å². The Bertz CT molecular complexity index is 746. The van der Waals surface area contributed by atoms with E-state index in [1.807, 2.05) is 6.92 Å². The van der Waals surface area contributed by atoms with Gasteiger partial charge in [-0.1, -0.05) is 0 Å². The zero-order chi connectivity index (χ0) is 14.9. The van der Waals surface area contributed by atoms with Crippen LogP contribution >= 0.6 is 22.7 Å². The first-order chi connectivity index (χ1) is 9.28. The van der Waals surface area contributed by atoms with Crippen molar-refractivity contribution < 1.29 is 18.3 Å². The van der Waals surface area contributed by atoms with Crippen molar-refractivity contribution in [2.45, 2.75) is 25.2 Å². The van der Waals surface area contributed by atoms with Crippen LogP contribution in [0.5, 0.6) is 0 Å². The van der Waals surface area contributed by atoms with Gasteiger partial charge in [-0.05, 0) is 19.9 Å². The maximum absolute atomic E-state index is 12.2. The van der Waals surface area contributed by atoms with Gasteiger partial charge in [0.25, 0.3) is 10.0 Å². The van der Waals surface area contributed by atoms with Gasteiger partial charge in [0.15, 0.2) is 5.13 Å². The van der Waals surface area contributed by atoms with Crippen molar-refractivity contribution in [2.24, 2.45) is 0 Å². The maximum Gasteiger partial charge on any atom is 0.309 e. The molecule has 2 aromatic rings. The lowest BCUT2D eigenvalue weighted by Crippen LogP contribution is -2.13. The van der Waals surface area contributed by atoms with Crippen molar-refractivity contribution in [3.05, 3.63) is 26.9 Å². The summed E-state index contributed by atoms with van der Waals surface area (Å²) in [7, 11) is -3.68. The molecule has 2 heterocycles. The Morgan fingerprint density at radius 3 is 2.70 bits per heavy atom. The number of carboxylic acids is 1. The summed E-state index contributed by atoms with van der Waals surface area (Å²) in [6.45, 7) is 3.58. The Morgan fingerprint density at radius 2 is 2.15 bits per heavy atom. The molecule has 2 aromatic heterocycles. The Balaban J connectivity index is 2.22. The molecule has 0 radical (unpaired) electrons. The van der Waals surface area contributed by atoms with Gasteiger partial charge in [-0.2, -0.15) is 0 Å². The Hall–Kier alpha value is -1.45. The number of rotatable bonds is 5. The molecule has 0 aliphatic carbocycles. The van der Waals surface area contributed by atoms with E-state index in [4.69, 9.17) is 5.11 Å². The summed E-state index contributed by atoms with van der Waals surface area (Å²) in [4.78, 5) is 16.4. The van der Waals surface area contributed by atoms with Gasteiger partial charge < -0.3 is 5.11 Å². The predicted octanol–water partition coefficient (Wildman–Crippen LogP) is 2.25. The molecule has 0 unspecified atom stereocenters. The predicted molar refractivity (Wildman–Crippen MR) is 78.1 cm³/mol. The van der Waals surface area contributed by atoms with Crippen molar-refractivity contribution in [1.29, 1.82) is 0 Å². The number of nitrogens with zero attached hydrogens (tertiary/aromatic N) is 1. The molecule has 0 saturated heterocycles. The average molecular weight is 332 g/mol. The smallest absolute Gasteiger partial charge is 0.309 e. The largest absolute Gasteiger partial charge is 0.481 e. The summed E-state index contributed by atoms with van der Waals surface area (Å²) in [6.07, 6.45) is -0.227. The molecule has 6 nitrogen and oxygen atoms in total. The van der Waals surface area contributed by atoms with Crippen molar-refractivity contribution >= 4 is 43.8 Å². The minimum absolute atomic E-state index is 0.171. The second kappa shape index (κ2) is 5.51. The molecule has 0 bridgehead atoms. The highest BCUT2D eigenvalue weighted by Gasteiger charge is 2.20. The molecule has 0 fully saturated rings. The van der Waals surface area contributed by atoms with Crippen molar-refractivity contribution in [3.63, 3.8) is 0 Å². The monoisotopic (exact) mass is 332 g/mol. The summed E-state index contributed by atoms with van der Waals surface area (Å²) < 4.78 is 26.8. The van der Waals surface area contributed by atoms with Crippen molar-refractivity contribution in [3.8, 4) is 0 Å². The second-order valence-electron chi connectivity index (χ2n) is 4.10. The van der Waals surface area contributed by atoms with Gasteiger partial charge in [0.05, 0.1) is 12.1 Å². The first-order valence-corrected chi connectivity index (χ1v) is 8.72. The molecule has 0 amide bonds. The van der Waals surface area contributed by atoms with Gasteiger partial charge in [-0.25, -0.2) is 13.4 Å². The highest BCUT2D eigenvalue weighted by Crippen LogP contribution is 2.27. The lowest BCUT2D eigenvalue weighted by atomic mass is 10.3. The summed E-state index contributed by atoms with van der Waals surface area (Å²) in [5.74, 6) is -1.01. The van der Waals surface area contributed by atoms with Gasteiger partial charge >= 0.3 is 5.97 Å². The standard InChI is InChI=1S/C11H12N2O4S3/c1-6-3-9(7(2)19-6)20(16,17)13-11-12-8(5-18-11)4-10(14)15/h3,5H,4H2,1-2H3,(H,12,13)(H,14,15). The van der Waals surface area contributed by atoms with Gasteiger partial charge in [0.1, 0.15) is 4.90 Å². The summed E-state index contributed by atoms with van der Waals surface area (Å²) in [5, 5.41) is 10.3. The highest BCUT2D eigenvalue weighted by atomic mass is 32.2. The molecule has 0 atom stereocenters. The molecule has 108 valence electrons. The second-order valence-corrected chi connectivity index (χ2v) is 8.07. The van der Waals surface area contributed by atoms with E-state index in [1.54, 1.807) is 13.0 Å². The summed E-state index contributed by atoms with van der Waals surface area (Å²) in [6, 6.07) is 1.61. The fraction of sp³-hybridized carbons (Fsp3) is 0.273. The zero-order valence-electron chi connectivity index (χ0n) is 10.7. The Kier molecular flexibility index (Phi) is 4.11. The molecule has 2 N–H and O–H groups in total. The van der Waals surface area contributed by atoms with Crippen LogP contribution < -0.4 is 4.72 Å². The van der Waals surface area contributed by atoms with E-state index in [9.17, 15) is 13.2 Å². The van der Waals surface area contributed by atoms with E-state index in [0.29, 0.717) is 10.6 Å². The Labute approximate surface area is 124 Å². The number of aryl methyl sites for hydroxylation is 2. The average Bonchev–Trinajstić information content (AvgIpc) is 2.84. The van der Waals surface area contributed by atoms with E-state index >= 15 is 0 Å². The van der Waals surface area contributed by atoms with E-state index < -0.39 is 16.0 Å². The van der Waals surface area contributed by atoms with Crippen LogP contribution in [0.25, 0.3) is 0 Å². The minimum Gasteiger partial charge on any atom is -0.481 e. The van der Waals surface area contributed by atoms with Gasteiger partial charge in [-0.15, -0.1) is 22.7 Å². The van der Waals surface area contributed by atoms with E-state index in [2.05, 4.69) is 9.71 Å². The van der Waals surface area contributed by atoms with E-state index in [-0.39, 0.29) is 16.4 Å². The Morgan fingerprint density at radius 1 is 1.45 bits per heavy atom. The fourth-order valence-corrected chi connectivity index (χ4v) is 5.15. The van der Waals surface area contributed by atoms with Crippen LogP contribution in [0.15, 0.2) is 16.3 Å². The molecule has 0 aliphatic heterocycles. The van der Waals surface area contributed by atoms with Gasteiger partial charge in [0, 0.05) is 15.1 Å². The molecule has 0 spiro atoms. The van der Waals surface area contributed by atoms with Gasteiger partial charge in [-0.3, -0.25) is 9.52 Å².